The molecule has 0 saturated carbocycles. The molecule has 0 radical (unpaired) electrons. The Bertz CT molecular complexity index is 674. The molecule has 10 heteroatoms. The summed E-state index contributed by atoms with van der Waals surface area (Å²) in [5, 5.41) is 10.5. The monoisotopic (exact) mass is 306 g/mol. The maximum Gasteiger partial charge on any atom is 0.269 e. The number of benzene rings is 1. The van der Waals surface area contributed by atoms with E-state index in [0.29, 0.717) is 5.56 Å². The van der Waals surface area contributed by atoms with Crippen LogP contribution in [0.4, 0.5) is 5.69 Å². The number of nitro benzene ring substituents is 1. The summed E-state index contributed by atoms with van der Waals surface area (Å²) in [5.74, 6) is -1.44. The van der Waals surface area contributed by atoms with Crippen LogP contribution < -0.4 is 4.13 Å². The van der Waals surface area contributed by atoms with Gasteiger partial charge < -0.3 is 0 Å². The van der Waals surface area contributed by atoms with Crippen LogP contribution in [0.15, 0.2) is 24.3 Å². The van der Waals surface area contributed by atoms with Crippen LogP contribution in [-0.4, -0.2) is 33.3 Å². The van der Waals surface area contributed by atoms with Crippen LogP contribution in [0, 0.1) is 10.1 Å². The lowest BCUT2D eigenvalue weighted by Gasteiger charge is -2.22. The quantitative estimate of drug-likeness (QED) is 0.603. The molecule has 0 aliphatic carbocycles. The number of non-ortho nitro benzene ring substituents is 1. The van der Waals surface area contributed by atoms with Crippen LogP contribution in [0.3, 0.4) is 0 Å². The largest absolute Gasteiger partial charge is 0.269 e. The van der Waals surface area contributed by atoms with E-state index in [9.17, 15) is 26.9 Å². The number of sulfonamides is 2. The standard InChI is InChI=1S/C9H10N2O6S2/c12-11(13)9-3-1-7(2-4-9)8-5-18(14,15)10-19(16,17)6-8/h1-4,8,10H,5-6H2. The molecule has 19 heavy (non-hydrogen) atoms. The highest BCUT2D eigenvalue weighted by atomic mass is 32.3. The molecule has 2 rings (SSSR count). The summed E-state index contributed by atoms with van der Waals surface area (Å²) in [7, 11) is -7.77. The zero-order chi connectivity index (χ0) is 14.3. The smallest absolute Gasteiger partial charge is 0.258 e. The first-order valence-corrected chi connectivity index (χ1v) is 8.47. The molecule has 1 aliphatic rings. The van der Waals surface area contributed by atoms with Gasteiger partial charge in [-0.15, -0.1) is 4.13 Å². The summed E-state index contributed by atoms with van der Waals surface area (Å²) >= 11 is 0. The molecule has 104 valence electrons. The average molecular weight is 306 g/mol. The first-order chi connectivity index (χ1) is 8.69. The second kappa shape index (κ2) is 4.54. The fourth-order valence-corrected chi connectivity index (χ4v) is 5.82. The minimum Gasteiger partial charge on any atom is -0.258 e. The number of nitrogens with one attached hydrogen (secondary N) is 1. The van der Waals surface area contributed by atoms with E-state index in [-0.39, 0.29) is 17.2 Å². The fraction of sp³-hybridized carbons (Fsp3) is 0.333. The highest BCUT2D eigenvalue weighted by molar-refractivity contribution is 8.05. The maximum atomic E-state index is 11.4. The van der Waals surface area contributed by atoms with Crippen molar-refractivity contribution in [1.82, 2.24) is 4.13 Å². The van der Waals surface area contributed by atoms with E-state index in [1.165, 1.54) is 24.3 Å². The zero-order valence-electron chi connectivity index (χ0n) is 9.51. The lowest BCUT2D eigenvalue weighted by atomic mass is 10.0. The first kappa shape index (κ1) is 13.9. The number of nitrogens with zero attached hydrogens (tertiary/aromatic N) is 1. The molecule has 1 N–H and O–H groups in total. The summed E-state index contributed by atoms with van der Waals surface area (Å²) in [4.78, 5) is 9.91. The van der Waals surface area contributed by atoms with E-state index < -0.39 is 30.9 Å². The van der Waals surface area contributed by atoms with Crippen LogP contribution in [0.2, 0.25) is 0 Å². The number of hydrogen-bond donors (Lipinski definition) is 1. The molecule has 1 aromatic rings. The van der Waals surface area contributed by atoms with E-state index in [2.05, 4.69) is 0 Å². The van der Waals surface area contributed by atoms with Crippen molar-refractivity contribution in [3.05, 3.63) is 39.9 Å². The SMILES string of the molecule is O=[N+]([O-])c1ccc(C2CS(=O)(=O)NS(=O)(=O)C2)cc1. The summed E-state index contributed by atoms with van der Waals surface area (Å²) in [6.07, 6.45) is 0. The van der Waals surface area contributed by atoms with Crippen molar-refractivity contribution in [3.8, 4) is 0 Å². The van der Waals surface area contributed by atoms with Crippen molar-refractivity contribution in [2.24, 2.45) is 0 Å². The molecule has 0 unspecified atom stereocenters. The van der Waals surface area contributed by atoms with Gasteiger partial charge in [-0.05, 0) is 5.56 Å². The molecule has 8 nitrogen and oxygen atoms in total. The van der Waals surface area contributed by atoms with E-state index in [4.69, 9.17) is 0 Å². The van der Waals surface area contributed by atoms with Gasteiger partial charge in [0, 0.05) is 18.1 Å². The summed E-state index contributed by atoms with van der Waals surface area (Å²) in [6, 6.07) is 5.19. The molecule has 1 fully saturated rings. The zero-order valence-corrected chi connectivity index (χ0v) is 11.1. The van der Waals surface area contributed by atoms with Gasteiger partial charge >= 0.3 is 0 Å². The van der Waals surface area contributed by atoms with Gasteiger partial charge in [0.15, 0.2) is 0 Å². The van der Waals surface area contributed by atoms with Crippen LogP contribution in [0.1, 0.15) is 11.5 Å². The second-order valence-electron chi connectivity index (χ2n) is 4.19. The second-order valence-corrected chi connectivity index (χ2v) is 7.98. The van der Waals surface area contributed by atoms with Gasteiger partial charge in [-0.1, -0.05) is 12.1 Å². The van der Waals surface area contributed by atoms with Gasteiger partial charge in [0.05, 0.1) is 16.4 Å². The molecular formula is C9H10N2O6S2. The lowest BCUT2D eigenvalue weighted by Crippen LogP contribution is -2.43. The van der Waals surface area contributed by atoms with Gasteiger partial charge in [-0.2, -0.15) is 0 Å². The van der Waals surface area contributed by atoms with Crippen LogP contribution in [-0.2, 0) is 20.0 Å². The normalized spacial score (nSPS) is 21.9. The van der Waals surface area contributed by atoms with Gasteiger partial charge in [0.1, 0.15) is 0 Å². The topological polar surface area (TPSA) is 123 Å². The molecule has 0 bridgehead atoms. The Labute approximate surface area is 109 Å². The van der Waals surface area contributed by atoms with Crippen molar-refractivity contribution in [2.45, 2.75) is 5.92 Å². The van der Waals surface area contributed by atoms with Crippen molar-refractivity contribution >= 4 is 25.7 Å². The van der Waals surface area contributed by atoms with Crippen LogP contribution in [0.5, 0.6) is 0 Å². The van der Waals surface area contributed by atoms with Gasteiger partial charge in [0.25, 0.3) is 5.69 Å². The van der Waals surface area contributed by atoms with Crippen molar-refractivity contribution in [1.29, 1.82) is 0 Å². The van der Waals surface area contributed by atoms with E-state index in [1.807, 2.05) is 0 Å². The minimum absolute atomic E-state index is 0.136. The molecule has 1 saturated heterocycles. The Morgan fingerprint density at radius 3 is 1.95 bits per heavy atom. The highest BCUT2D eigenvalue weighted by Gasteiger charge is 2.35. The number of rotatable bonds is 2. The van der Waals surface area contributed by atoms with E-state index in [1.54, 1.807) is 4.13 Å². The number of hydrogen-bond acceptors (Lipinski definition) is 6. The fourth-order valence-electron chi connectivity index (χ4n) is 1.90. The Hall–Kier alpha value is -1.52. The molecule has 0 aromatic heterocycles. The molecule has 0 amide bonds. The molecule has 1 heterocycles. The van der Waals surface area contributed by atoms with E-state index >= 15 is 0 Å². The molecule has 0 atom stereocenters. The average Bonchev–Trinajstić information content (AvgIpc) is 2.25. The molecule has 0 spiro atoms. The molecular weight excluding hydrogens is 296 g/mol. The van der Waals surface area contributed by atoms with Gasteiger partial charge in [-0.25, -0.2) is 16.8 Å². The third kappa shape index (κ3) is 3.28. The number of nitro groups is 1. The summed E-state index contributed by atoms with van der Waals surface area (Å²) in [5.41, 5.74) is 0.308. The third-order valence-corrected chi connectivity index (χ3v) is 6.38. The summed E-state index contributed by atoms with van der Waals surface area (Å²) in [6.45, 7) is 0. The summed E-state index contributed by atoms with van der Waals surface area (Å²) < 4.78 is 47.3. The lowest BCUT2D eigenvalue weighted by molar-refractivity contribution is -0.384. The maximum absolute atomic E-state index is 11.4. The molecule has 1 aromatic carbocycles. The Morgan fingerprint density at radius 1 is 1.05 bits per heavy atom. The third-order valence-electron chi connectivity index (χ3n) is 2.67. The van der Waals surface area contributed by atoms with E-state index in [0.717, 1.165) is 0 Å². The molecule has 1 aliphatic heterocycles. The van der Waals surface area contributed by atoms with Crippen LogP contribution >= 0.6 is 0 Å². The first-order valence-electron chi connectivity index (χ1n) is 5.17. The predicted octanol–water partition coefficient (Wildman–Crippen LogP) is -0.0588. The van der Waals surface area contributed by atoms with Gasteiger partial charge in [-0.3, -0.25) is 10.1 Å². The Morgan fingerprint density at radius 2 is 1.53 bits per heavy atom. The Kier molecular flexibility index (Phi) is 3.32. The van der Waals surface area contributed by atoms with Crippen LogP contribution in [0.25, 0.3) is 0 Å². The minimum atomic E-state index is -3.89. The van der Waals surface area contributed by atoms with Crippen molar-refractivity contribution in [2.75, 3.05) is 11.5 Å². The Balaban J connectivity index is 2.34. The van der Waals surface area contributed by atoms with Crippen molar-refractivity contribution in [3.63, 3.8) is 0 Å². The van der Waals surface area contributed by atoms with Crippen molar-refractivity contribution < 1.29 is 21.8 Å². The predicted molar refractivity (Wildman–Crippen MR) is 66.5 cm³/mol. The highest BCUT2D eigenvalue weighted by Crippen LogP contribution is 2.25. The van der Waals surface area contributed by atoms with Gasteiger partial charge in [0.2, 0.25) is 20.0 Å².